The second kappa shape index (κ2) is 7.40. The van der Waals surface area contributed by atoms with Crippen LogP contribution in [-0.2, 0) is 4.79 Å². The fourth-order valence-corrected chi connectivity index (χ4v) is 3.75. The number of hydrogen-bond donors (Lipinski definition) is 0. The maximum absolute atomic E-state index is 12.7. The Balaban J connectivity index is 1.63. The molecule has 2 amide bonds. The lowest BCUT2D eigenvalue weighted by molar-refractivity contribution is -0.384. The van der Waals surface area contributed by atoms with Crippen LogP contribution in [0.3, 0.4) is 0 Å². The minimum absolute atomic E-state index is 0.0758. The topological polar surface area (TPSA) is 93.7 Å². The van der Waals surface area contributed by atoms with Crippen LogP contribution in [0.5, 0.6) is 0 Å². The van der Waals surface area contributed by atoms with Crippen molar-refractivity contribution in [3.05, 3.63) is 87.0 Å². The standard InChI is InChI=1S/C21H14N2O5S/c1-13-6-8-14(9-7-13)22-20(24)19(29-21(22)25)12-15-10-11-18(28-15)16-4-2-3-5-17(16)23(26)27/h2-12H,1H3/b19-12-. The number of benzene rings is 2. The summed E-state index contributed by atoms with van der Waals surface area (Å²) in [6.45, 7) is 1.92. The number of amides is 2. The highest BCUT2D eigenvalue weighted by Crippen LogP contribution is 2.37. The Labute approximate surface area is 169 Å². The Morgan fingerprint density at radius 3 is 2.48 bits per heavy atom. The lowest BCUT2D eigenvalue weighted by atomic mass is 10.1. The molecule has 1 aromatic heterocycles. The second-order valence-electron chi connectivity index (χ2n) is 6.33. The summed E-state index contributed by atoms with van der Waals surface area (Å²) < 4.78 is 5.69. The van der Waals surface area contributed by atoms with Gasteiger partial charge in [-0.2, -0.15) is 0 Å². The van der Waals surface area contributed by atoms with Crippen molar-refractivity contribution in [1.82, 2.24) is 0 Å². The maximum Gasteiger partial charge on any atom is 0.298 e. The monoisotopic (exact) mass is 406 g/mol. The molecule has 8 heteroatoms. The molecule has 0 radical (unpaired) electrons. The Kier molecular flexibility index (Phi) is 4.77. The number of thioether (sulfide) groups is 1. The zero-order chi connectivity index (χ0) is 20.5. The number of rotatable bonds is 4. The largest absolute Gasteiger partial charge is 0.456 e. The molecule has 4 rings (SSSR count). The highest BCUT2D eigenvalue weighted by molar-refractivity contribution is 8.19. The van der Waals surface area contributed by atoms with E-state index < -0.39 is 16.1 Å². The van der Waals surface area contributed by atoms with Crippen molar-refractivity contribution in [3.8, 4) is 11.3 Å². The number of carbonyl (C=O) groups excluding carboxylic acids is 2. The van der Waals surface area contributed by atoms with Crippen molar-refractivity contribution < 1.29 is 18.9 Å². The van der Waals surface area contributed by atoms with Crippen LogP contribution >= 0.6 is 11.8 Å². The normalized spacial score (nSPS) is 15.3. The summed E-state index contributed by atoms with van der Waals surface area (Å²) >= 11 is 0.819. The number of imide groups is 1. The summed E-state index contributed by atoms with van der Waals surface area (Å²) in [4.78, 5) is 37.1. The number of carbonyl (C=O) groups is 2. The molecule has 144 valence electrons. The highest BCUT2D eigenvalue weighted by Gasteiger charge is 2.36. The Morgan fingerprint density at radius 1 is 1.03 bits per heavy atom. The molecule has 0 saturated carbocycles. The molecule has 0 atom stereocenters. The lowest BCUT2D eigenvalue weighted by Crippen LogP contribution is -2.27. The summed E-state index contributed by atoms with van der Waals surface area (Å²) in [5.41, 5.74) is 1.79. The van der Waals surface area contributed by atoms with E-state index in [2.05, 4.69) is 0 Å². The molecule has 1 aliphatic heterocycles. The molecule has 29 heavy (non-hydrogen) atoms. The lowest BCUT2D eigenvalue weighted by Gasteiger charge is -2.12. The number of nitro groups is 1. The van der Waals surface area contributed by atoms with Gasteiger partial charge in [-0.25, -0.2) is 4.90 Å². The van der Waals surface area contributed by atoms with Crippen molar-refractivity contribution in [2.45, 2.75) is 6.92 Å². The molecule has 2 aromatic carbocycles. The van der Waals surface area contributed by atoms with Gasteiger partial charge in [0.25, 0.3) is 16.8 Å². The van der Waals surface area contributed by atoms with Crippen molar-refractivity contribution in [2.24, 2.45) is 0 Å². The van der Waals surface area contributed by atoms with Crippen LogP contribution in [0.2, 0.25) is 0 Å². The molecule has 0 aliphatic carbocycles. The number of hydrogen-bond acceptors (Lipinski definition) is 6. The molecule has 0 bridgehead atoms. The molecule has 0 N–H and O–H groups in total. The van der Waals surface area contributed by atoms with Crippen LogP contribution in [0.4, 0.5) is 16.2 Å². The van der Waals surface area contributed by atoms with Crippen LogP contribution < -0.4 is 4.90 Å². The highest BCUT2D eigenvalue weighted by atomic mass is 32.2. The van der Waals surface area contributed by atoms with E-state index >= 15 is 0 Å². The van der Waals surface area contributed by atoms with Gasteiger partial charge in [-0.3, -0.25) is 19.7 Å². The molecule has 0 spiro atoms. The number of anilines is 1. The Morgan fingerprint density at radius 2 is 1.76 bits per heavy atom. The van der Waals surface area contributed by atoms with E-state index in [1.807, 2.05) is 19.1 Å². The number of aryl methyl sites for hydroxylation is 1. The predicted molar refractivity (Wildman–Crippen MR) is 110 cm³/mol. The third-order valence-corrected chi connectivity index (χ3v) is 5.22. The van der Waals surface area contributed by atoms with E-state index in [4.69, 9.17) is 4.42 Å². The van der Waals surface area contributed by atoms with Crippen LogP contribution in [-0.4, -0.2) is 16.1 Å². The molecule has 1 fully saturated rings. The minimum atomic E-state index is -0.482. The van der Waals surface area contributed by atoms with Gasteiger partial charge in [0.05, 0.1) is 21.1 Å². The molecule has 2 heterocycles. The van der Waals surface area contributed by atoms with Gasteiger partial charge in [0.1, 0.15) is 11.5 Å². The SMILES string of the molecule is Cc1ccc(N2C(=O)S/C(=C\c3ccc(-c4ccccc4[N+](=O)[O-])o3)C2=O)cc1. The van der Waals surface area contributed by atoms with Gasteiger partial charge in [-0.05, 0) is 49.0 Å². The molecular weight excluding hydrogens is 392 g/mol. The number of furan rings is 1. The third kappa shape index (κ3) is 3.57. The molecular formula is C21H14N2O5S. The zero-order valence-electron chi connectivity index (χ0n) is 15.2. The average molecular weight is 406 g/mol. The van der Waals surface area contributed by atoms with Crippen LogP contribution in [0.1, 0.15) is 11.3 Å². The summed E-state index contributed by atoms with van der Waals surface area (Å²) in [7, 11) is 0. The molecule has 1 aliphatic rings. The summed E-state index contributed by atoms with van der Waals surface area (Å²) in [5.74, 6) is 0.196. The van der Waals surface area contributed by atoms with Crippen molar-refractivity contribution in [3.63, 3.8) is 0 Å². The van der Waals surface area contributed by atoms with Crippen molar-refractivity contribution in [1.29, 1.82) is 0 Å². The van der Waals surface area contributed by atoms with Crippen molar-refractivity contribution >= 4 is 40.4 Å². The molecule has 7 nitrogen and oxygen atoms in total. The minimum Gasteiger partial charge on any atom is -0.456 e. The summed E-state index contributed by atoms with van der Waals surface area (Å²) in [6, 6.07) is 16.5. The second-order valence-corrected chi connectivity index (χ2v) is 7.32. The van der Waals surface area contributed by atoms with Crippen LogP contribution in [0.15, 0.2) is 70.0 Å². The van der Waals surface area contributed by atoms with Gasteiger partial charge in [-0.15, -0.1) is 0 Å². The van der Waals surface area contributed by atoms with Gasteiger partial charge in [0.2, 0.25) is 0 Å². The summed E-state index contributed by atoms with van der Waals surface area (Å²) in [6.07, 6.45) is 1.47. The van der Waals surface area contributed by atoms with Gasteiger partial charge in [-0.1, -0.05) is 29.8 Å². The van der Waals surface area contributed by atoms with Gasteiger partial charge >= 0.3 is 0 Å². The van der Waals surface area contributed by atoms with E-state index in [0.717, 1.165) is 22.2 Å². The van der Waals surface area contributed by atoms with Gasteiger partial charge < -0.3 is 4.42 Å². The first-order valence-electron chi connectivity index (χ1n) is 8.62. The first-order chi connectivity index (χ1) is 13.9. The number of para-hydroxylation sites is 1. The average Bonchev–Trinajstić information content (AvgIpc) is 3.27. The predicted octanol–water partition coefficient (Wildman–Crippen LogP) is 5.40. The molecule has 0 unspecified atom stereocenters. The van der Waals surface area contributed by atoms with E-state index in [1.54, 1.807) is 42.5 Å². The zero-order valence-corrected chi connectivity index (χ0v) is 16.0. The van der Waals surface area contributed by atoms with Crippen molar-refractivity contribution in [2.75, 3.05) is 4.90 Å². The van der Waals surface area contributed by atoms with E-state index in [9.17, 15) is 19.7 Å². The molecule has 1 saturated heterocycles. The first kappa shape index (κ1) is 18.7. The Hall–Kier alpha value is -3.65. The quantitative estimate of drug-likeness (QED) is 0.327. The maximum atomic E-state index is 12.7. The fraction of sp³-hybridized carbons (Fsp3) is 0.0476. The molecule has 3 aromatic rings. The van der Waals surface area contributed by atoms with E-state index in [-0.39, 0.29) is 10.6 Å². The van der Waals surface area contributed by atoms with E-state index in [0.29, 0.717) is 22.8 Å². The third-order valence-electron chi connectivity index (χ3n) is 4.35. The van der Waals surface area contributed by atoms with Gasteiger partial charge in [0.15, 0.2) is 0 Å². The number of nitro benzene ring substituents is 1. The summed E-state index contributed by atoms with van der Waals surface area (Å²) in [5, 5.41) is 10.8. The number of nitrogens with zero attached hydrogens (tertiary/aromatic N) is 2. The van der Waals surface area contributed by atoms with Gasteiger partial charge in [0, 0.05) is 12.1 Å². The van der Waals surface area contributed by atoms with Crippen LogP contribution in [0.25, 0.3) is 17.4 Å². The van der Waals surface area contributed by atoms with Crippen LogP contribution in [0, 0.1) is 17.0 Å². The Bertz CT molecular complexity index is 1160. The smallest absolute Gasteiger partial charge is 0.298 e. The fourth-order valence-electron chi connectivity index (χ4n) is 2.93. The first-order valence-corrected chi connectivity index (χ1v) is 9.44. The van der Waals surface area contributed by atoms with E-state index in [1.165, 1.54) is 12.1 Å².